The van der Waals surface area contributed by atoms with Crippen molar-refractivity contribution in [3.05, 3.63) is 56.2 Å². The molecule has 0 bridgehead atoms. The molecule has 1 heterocycles. The lowest BCUT2D eigenvalue weighted by Gasteiger charge is -2.22. The van der Waals surface area contributed by atoms with E-state index in [4.69, 9.17) is 5.73 Å². The van der Waals surface area contributed by atoms with Crippen molar-refractivity contribution in [1.82, 2.24) is 0 Å². The van der Waals surface area contributed by atoms with Crippen molar-refractivity contribution in [3.8, 4) is 0 Å². The molecule has 3 N–H and O–H groups in total. The van der Waals surface area contributed by atoms with Crippen LogP contribution in [0.1, 0.15) is 28.0 Å². The van der Waals surface area contributed by atoms with Crippen LogP contribution < -0.4 is 5.73 Å². The quantitative estimate of drug-likeness (QED) is 0.902. The van der Waals surface area contributed by atoms with E-state index in [-0.39, 0.29) is 5.92 Å². The van der Waals surface area contributed by atoms with Gasteiger partial charge in [0.05, 0.1) is 6.10 Å². The zero-order chi connectivity index (χ0) is 13.1. The third-order valence-corrected chi connectivity index (χ3v) is 4.72. The predicted octanol–water partition coefficient (Wildman–Crippen LogP) is 3.59. The van der Waals surface area contributed by atoms with Gasteiger partial charge in [-0.15, -0.1) is 11.3 Å². The summed E-state index contributed by atoms with van der Waals surface area (Å²) in [6.45, 7) is 2.45. The van der Waals surface area contributed by atoms with E-state index in [2.05, 4.69) is 15.9 Å². The van der Waals surface area contributed by atoms with Gasteiger partial charge in [0.2, 0.25) is 0 Å². The Bertz CT molecular complexity index is 509. The molecule has 96 valence electrons. The monoisotopic (exact) mass is 325 g/mol. The SMILES string of the molecule is Cc1ccsc1C(O)C(CN)c1ccc(Br)cc1. The molecule has 0 spiro atoms. The first-order chi connectivity index (χ1) is 8.63. The van der Waals surface area contributed by atoms with Gasteiger partial charge in [-0.05, 0) is 41.6 Å². The van der Waals surface area contributed by atoms with Crippen LogP contribution in [0.25, 0.3) is 0 Å². The minimum absolute atomic E-state index is 0.0598. The van der Waals surface area contributed by atoms with Crippen LogP contribution in [0.4, 0.5) is 0 Å². The number of aliphatic hydroxyl groups excluding tert-OH is 1. The topological polar surface area (TPSA) is 46.2 Å². The average molecular weight is 326 g/mol. The summed E-state index contributed by atoms with van der Waals surface area (Å²) in [7, 11) is 0. The highest BCUT2D eigenvalue weighted by Crippen LogP contribution is 2.35. The first-order valence-electron chi connectivity index (χ1n) is 5.81. The standard InChI is InChI=1S/C14H16BrNOS/c1-9-6-7-18-14(9)13(17)12(8-16)10-2-4-11(15)5-3-10/h2-7,12-13,17H,8,16H2,1H3. The second-order valence-electron chi connectivity index (χ2n) is 4.31. The van der Waals surface area contributed by atoms with E-state index in [0.29, 0.717) is 6.54 Å². The minimum atomic E-state index is -0.531. The van der Waals surface area contributed by atoms with Crippen LogP contribution in [0.3, 0.4) is 0 Å². The fourth-order valence-corrected chi connectivity index (χ4v) is 3.27. The molecule has 2 nitrogen and oxygen atoms in total. The molecule has 2 aromatic rings. The minimum Gasteiger partial charge on any atom is -0.387 e. The molecule has 0 aliphatic rings. The van der Waals surface area contributed by atoms with Crippen molar-refractivity contribution < 1.29 is 5.11 Å². The van der Waals surface area contributed by atoms with Crippen LogP contribution in [0, 0.1) is 6.92 Å². The summed E-state index contributed by atoms with van der Waals surface area (Å²) < 4.78 is 1.03. The Hall–Kier alpha value is -0.680. The van der Waals surface area contributed by atoms with Gasteiger partial charge >= 0.3 is 0 Å². The molecule has 0 saturated carbocycles. The maximum absolute atomic E-state index is 10.5. The largest absolute Gasteiger partial charge is 0.387 e. The molecule has 1 aromatic carbocycles. The molecule has 2 atom stereocenters. The summed E-state index contributed by atoms with van der Waals surface area (Å²) in [5, 5.41) is 12.5. The fourth-order valence-electron chi connectivity index (χ4n) is 2.03. The lowest BCUT2D eigenvalue weighted by molar-refractivity contribution is 0.150. The number of thiophene rings is 1. The first kappa shape index (κ1) is 13.7. The zero-order valence-corrected chi connectivity index (χ0v) is 12.5. The van der Waals surface area contributed by atoms with Crippen molar-refractivity contribution >= 4 is 27.3 Å². The molecule has 0 aliphatic carbocycles. The molecule has 0 saturated heterocycles. The smallest absolute Gasteiger partial charge is 0.0964 e. The highest BCUT2D eigenvalue weighted by Gasteiger charge is 2.23. The summed E-state index contributed by atoms with van der Waals surface area (Å²) in [4.78, 5) is 1.01. The van der Waals surface area contributed by atoms with Gasteiger partial charge in [0.1, 0.15) is 0 Å². The first-order valence-corrected chi connectivity index (χ1v) is 7.48. The van der Waals surface area contributed by atoms with Crippen molar-refractivity contribution in [2.24, 2.45) is 5.73 Å². The summed E-state index contributed by atoms with van der Waals surface area (Å²) in [5.74, 6) is -0.0598. The second-order valence-corrected chi connectivity index (χ2v) is 6.17. The number of nitrogens with two attached hydrogens (primary N) is 1. The maximum atomic E-state index is 10.5. The number of hydrogen-bond donors (Lipinski definition) is 2. The molecule has 0 fully saturated rings. The molecule has 1 aromatic heterocycles. The van der Waals surface area contributed by atoms with Crippen LogP contribution in [-0.2, 0) is 0 Å². The van der Waals surface area contributed by atoms with Crippen LogP contribution in [0.15, 0.2) is 40.2 Å². The third-order valence-electron chi connectivity index (χ3n) is 3.10. The van der Waals surface area contributed by atoms with E-state index < -0.39 is 6.10 Å². The van der Waals surface area contributed by atoms with E-state index in [0.717, 1.165) is 20.5 Å². The summed E-state index contributed by atoms with van der Waals surface area (Å²) >= 11 is 5.00. The fraction of sp³-hybridized carbons (Fsp3) is 0.286. The van der Waals surface area contributed by atoms with Crippen LogP contribution in [-0.4, -0.2) is 11.7 Å². The van der Waals surface area contributed by atoms with Gasteiger partial charge in [0.15, 0.2) is 0 Å². The van der Waals surface area contributed by atoms with Crippen molar-refractivity contribution in [3.63, 3.8) is 0 Å². The molecule has 2 rings (SSSR count). The van der Waals surface area contributed by atoms with Crippen molar-refractivity contribution in [1.29, 1.82) is 0 Å². The van der Waals surface area contributed by atoms with Gasteiger partial charge in [0.25, 0.3) is 0 Å². The Morgan fingerprint density at radius 3 is 2.44 bits per heavy atom. The number of benzene rings is 1. The summed E-state index contributed by atoms with van der Waals surface area (Å²) in [5.41, 5.74) is 8.03. The average Bonchev–Trinajstić information content (AvgIpc) is 2.78. The Balaban J connectivity index is 2.28. The lowest BCUT2D eigenvalue weighted by atomic mass is 9.91. The van der Waals surface area contributed by atoms with Gasteiger partial charge < -0.3 is 10.8 Å². The van der Waals surface area contributed by atoms with E-state index in [1.165, 1.54) is 0 Å². The lowest BCUT2D eigenvalue weighted by Crippen LogP contribution is -2.20. The summed E-state index contributed by atoms with van der Waals surface area (Å²) in [6, 6.07) is 10.00. The molecule has 0 radical (unpaired) electrons. The number of rotatable bonds is 4. The molecular formula is C14H16BrNOS. The van der Waals surface area contributed by atoms with Gasteiger partial charge in [0, 0.05) is 21.8 Å². The highest BCUT2D eigenvalue weighted by atomic mass is 79.9. The Morgan fingerprint density at radius 1 is 1.28 bits per heavy atom. The Kier molecular flexibility index (Phi) is 4.56. The van der Waals surface area contributed by atoms with E-state index in [1.54, 1.807) is 11.3 Å². The molecule has 0 amide bonds. The maximum Gasteiger partial charge on any atom is 0.0964 e. The van der Waals surface area contributed by atoms with Gasteiger partial charge in [-0.3, -0.25) is 0 Å². The number of halogens is 1. The van der Waals surface area contributed by atoms with Crippen molar-refractivity contribution in [2.75, 3.05) is 6.54 Å². The predicted molar refractivity (Wildman–Crippen MR) is 80.0 cm³/mol. The molecule has 4 heteroatoms. The number of aryl methyl sites for hydroxylation is 1. The molecule has 18 heavy (non-hydrogen) atoms. The van der Waals surface area contributed by atoms with Crippen LogP contribution in [0.2, 0.25) is 0 Å². The van der Waals surface area contributed by atoms with Gasteiger partial charge in [-0.2, -0.15) is 0 Å². The zero-order valence-electron chi connectivity index (χ0n) is 10.1. The highest BCUT2D eigenvalue weighted by molar-refractivity contribution is 9.10. The van der Waals surface area contributed by atoms with Crippen molar-refractivity contribution in [2.45, 2.75) is 18.9 Å². The Morgan fingerprint density at radius 2 is 1.94 bits per heavy atom. The number of aliphatic hydroxyl groups is 1. The Labute approximate surface area is 120 Å². The molecule has 0 aliphatic heterocycles. The van der Waals surface area contributed by atoms with E-state index in [9.17, 15) is 5.11 Å². The van der Waals surface area contributed by atoms with Gasteiger partial charge in [-0.25, -0.2) is 0 Å². The van der Waals surface area contributed by atoms with Crippen LogP contribution >= 0.6 is 27.3 Å². The van der Waals surface area contributed by atoms with E-state index in [1.807, 2.05) is 42.6 Å². The van der Waals surface area contributed by atoms with Crippen LogP contribution in [0.5, 0.6) is 0 Å². The van der Waals surface area contributed by atoms with E-state index >= 15 is 0 Å². The van der Waals surface area contributed by atoms with Gasteiger partial charge in [-0.1, -0.05) is 28.1 Å². The molecule has 2 unspecified atom stereocenters. The number of hydrogen-bond acceptors (Lipinski definition) is 3. The molecular weight excluding hydrogens is 310 g/mol. The second kappa shape index (κ2) is 5.97. The summed E-state index contributed by atoms with van der Waals surface area (Å²) in [6.07, 6.45) is -0.531. The third kappa shape index (κ3) is 2.83. The normalized spacial score (nSPS) is 14.4.